The van der Waals surface area contributed by atoms with Crippen molar-refractivity contribution in [3.63, 3.8) is 0 Å². The first kappa shape index (κ1) is 15.8. The van der Waals surface area contributed by atoms with E-state index >= 15 is 0 Å². The van der Waals surface area contributed by atoms with Crippen LogP contribution >= 0.6 is 0 Å². The highest BCUT2D eigenvalue weighted by Crippen LogP contribution is 2.37. The summed E-state index contributed by atoms with van der Waals surface area (Å²) in [5, 5.41) is 2.49. The van der Waals surface area contributed by atoms with E-state index in [1.54, 1.807) is 30.3 Å². The quantitative estimate of drug-likeness (QED) is 0.902. The van der Waals surface area contributed by atoms with Crippen LogP contribution in [0.5, 0.6) is 0 Å². The minimum atomic E-state index is -4.28. The van der Waals surface area contributed by atoms with Crippen molar-refractivity contribution in [1.82, 2.24) is 5.32 Å². The number of nitrogens with two attached hydrogens (primary N) is 1. The number of nitrogens with one attached hydrogen (secondary N) is 1. The molecule has 21 heavy (non-hydrogen) atoms. The van der Waals surface area contributed by atoms with Gasteiger partial charge in [0.15, 0.2) is 0 Å². The maximum Gasteiger partial charge on any atom is 0.393 e. The predicted molar refractivity (Wildman–Crippen MR) is 73.3 cm³/mol. The zero-order valence-electron chi connectivity index (χ0n) is 11.6. The molecule has 2 unspecified atom stereocenters. The molecule has 0 aliphatic heterocycles. The Balaban J connectivity index is 2.03. The maximum atomic E-state index is 13.0. The van der Waals surface area contributed by atoms with Crippen molar-refractivity contribution in [2.45, 2.75) is 43.9 Å². The lowest BCUT2D eigenvalue weighted by Crippen LogP contribution is -2.49. The van der Waals surface area contributed by atoms with E-state index < -0.39 is 30.1 Å². The zero-order chi connectivity index (χ0) is 15.5. The molecular formula is C15H19F3N2O. The standard InChI is InChI=1S/C15H19F3N2O/c16-15(17,18)11-8-4-5-9-12(11)20-14(21)13(19)10-6-2-1-3-7-10/h1-3,6-7,11-13H,4-5,8-9,19H2,(H,20,21)/t11?,12?,13-/m1/s1. The summed E-state index contributed by atoms with van der Waals surface area (Å²) >= 11 is 0. The minimum Gasteiger partial charge on any atom is -0.351 e. The summed E-state index contributed by atoms with van der Waals surface area (Å²) in [5.41, 5.74) is 6.41. The second kappa shape index (κ2) is 6.47. The van der Waals surface area contributed by atoms with Crippen LogP contribution in [0, 0.1) is 5.92 Å². The fourth-order valence-electron chi connectivity index (χ4n) is 2.78. The van der Waals surface area contributed by atoms with Crippen LogP contribution in [0.4, 0.5) is 13.2 Å². The van der Waals surface area contributed by atoms with E-state index in [1.165, 1.54) is 0 Å². The third kappa shape index (κ3) is 3.97. The highest BCUT2D eigenvalue weighted by Gasteiger charge is 2.46. The average molecular weight is 300 g/mol. The summed E-state index contributed by atoms with van der Waals surface area (Å²) in [5.74, 6) is -2.03. The molecule has 3 N–H and O–H groups in total. The first-order valence-corrected chi connectivity index (χ1v) is 7.07. The van der Waals surface area contributed by atoms with E-state index in [0.29, 0.717) is 24.8 Å². The van der Waals surface area contributed by atoms with Crippen LogP contribution in [0.2, 0.25) is 0 Å². The lowest BCUT2D eigenvalue weighted by atomic mass is 9.83. The van der Waals surface area contributed by atoms with Gasteiger partial charge in [0, 0.05) is 6.04 Å². The van der Waals surface area contributed by atoms with Gasteiger partial charge in [-0.25, -0.2) is 0 Å². The van der Waals surface area contributed by atoms with Gasteiger partial charge in [0.25, 0.3) is 0 Å². The van der Waals surface area contributed by atoms with Crippen LogP contribution in [0.25, 0.3) is 0 Å². The summed E-state index contributed by atoms with van der Waals surface area (Å²) in [6.45, 7) is 0. The van der Waals surface area contributed by atoms with Crippen LogP contribution in [-0.4, -0.2) is 18.1 Å². The highest BCUT2D eigenvalue weighted by molar-refractivity contribution is 5.83. The van der Waals surface area contributed by atoms with E-state index in [2.05, 4.69) is 5.32 Å². The van der Waals surface area contributed by atoms with E-state index in [1.807, 2.05) is 0 Å². The predicted octanol–water partition coefficient (Wildman–Crippen LogP) is 2.92. The number of hydrogen-bond acceptors (Lipinski definition) is 2. The first-order chi connectivity index (χ1) is 9.89. The van der Waals surface area contributed by atoms with Crippen LogP contribution in [0.1, 0.15) is 37.3 Å². The van der Waals surface area contributed by atoms with Crippen LogP contribution in [-0.2, 0) is 4.79 Å². The van der Waals surface area contributed by atoms with E-state index in [0.717, 1.165) is 0 Å². The molecule has 0 aromatic heterocycles. The molecule has 116 valence electrons. The Labute approximate surface area is 121 Å². The Kier molecular flexibility index (Phi) is 4.88. The summed E-state index contributed by atoms with van der Waals surface area (Å²) in [6, 6.07) is 6.82. The molecule has 1 amide bonds. The van der Waals surface area contributed by atoms with E-state index in [9.17, 15) is 18.0 Å². The molecule has 2 rings (SSSR count). The number of amides is 1. The molecule has 0 radical (unpaired) electrons. The number of hydrogen-bond donors (Lipinski definition) is 2. The number of halogens is 3. The van der Waals surface area contributed by atoms with Gasteiger partial charge in [-0.15, -0.1) is 0 Å². The molecule has 1 fully saturated rings. The molecule has 3 nitrogen and oxygen atoms in total. The van der Waals surface area contributed by atoms with Crippen LogP contribution in [0.3, 0.4) is 0 Å². The maximum absolute atomic E-state index is 13.0. The largest absolute Gasteiger partial charge is 0.393 e. The number of benzene rings is 1. The second-order valence-electron chi connectivity index (χ2n) is 5.44. The highest BCUT2D eigenvalue weighted by atomic mass is 19.4. The molecule has 0 bridgehead atoms. The molecule has 6 heteroatoms. The normalized spacial score (nSPS) is 24.4. The fourth-order valence-corrected chi connectivity index (χ4v) is 2.78. The summed E-state index contributed by atoms with van der Waals surface area (Å²) in [7, 11) is 0. The van der Waals surface area contributed by atoms with Crippen molar-refractivity contribution in [2.24, 2.45) is 11.7 Å². The summed E-state index contributed by atoms with van der Waals surface area (Å²) in [6.07, 6.45) is -2.64. The molecule has 1 aromatic carbocycles. The van der Waals surface area contributed by atoms with Gasteiger partial charge in [0.1, 0.15) is 6.04 Å². The van der Waals surface area contributed by atoms with Crippen molar-refractivity contribution in [1.29, 1.82) is 0 Å². The molecule has 0 saturated heterocycles. The Morgan fingerprint density at radius 3 is 2.43 bits per heavy atom. The lowest BCUT2D eigenvalue weighted by Gasteiger charge is -2.34. The third-order valence-corrected chi connectivity index (χ3v) is 3.96. The number of carbonyl (C=O) groups is 1. The molecule has 1 aromatic rings. The summed E-state index contributed by atoms with van der Waals surface area (Å²) in [4.78, 5) is 12.1. The average Bonchev–Trinajstić information content (AvgIpc) is 2.47. The number of carbonyl (C=O) groups excluding carboxylic acids is 1. The number of rotatable bonds is 3. The molecule has 0 spiro atoms. The Morgan fingerprint density at radius 2 is 1.81 bits per heavy atom. The SMILES string of the molecule is N[C@@H](C(=O)NC1CCCCC1C(F)(F)F)c1ccccc1. The molecule has 3 atom stereocenters. The molecule has 1 aliphatic rings. The monoisotopic (exact) mass is 300 g/mol. The smallest absolute Gasteiger partial charge is 0.351 e. The Hall–Kier alpha value is -1.56. The van der Waals surface area contributed by atoms with Gasteiger partial charge < -0.3 is 11.1 Å². The third-order valence-electron chi connectivity index (χ3n) is 3.96. The summed E-state index contributed by atoms with van der Waals surface area (Å²) < 4.78 is 38.9. The first-order valence-electron chi connectivity index (χ1n) is 7.07. The molecule has 1 saturated carbocycles. The molecule has 1 aliphatic carbocycles. The van der Waals surface area contributed by atoms with Crippen LogP contribution in [0.15, 0.2) is 30.3 Å². The zero-order valence-corrected chi connectivity index (χ0v) is 11.6. The topological polar surface area (TPSA) is 55.1 Å². The second-order valence-corrected chi connectivity index (χ2v) is 5.44. The van der Waals surface area contributed by atoms with Crippen molar-refractivity contribution in [3.8, 4) is 0 Å². The Bertz CT molecular complexity index is 476. The van der Waals surface area contributed by atoms with Gasteiger partial charge in [0.2, 0.25) is 5.91 Å². The Morgan fingerprint density at radius 1 is 1.19 bits per heavy atom. The van der Waals surface area contributed by atoms with Crippen molar-refractivity contribution in [3.05, 3.63) is 35.9 Å². The van der Waals surface area contributed by atoms with Gasteiger partial charge >= 0.3 is 6.18 Å². The fraction of sp³-hybridized carbons (Fsp3) is 0.533. The van der Waals surface area contributed by atoms with Gasteiger partial charge in [0.05, 0.1) is 5.92 Å². The number of alkyl halides is 3. The van der Waals surface area contributed by atoms with Crippen molar-refractivity contribution >= 4 is 5.91 Å². The molecular weight excluding hydrogens is 281 g/mol. The van der Waals surface area contributed by atoms with Gasteiger partial charge in [-0.3, -0.25) is 4.79 Å². The van der Waals surface area contributed by atoms with Gasteiger partial charge in [-0.2, -0.15) is 13.2 Å². The molecule has 0 heterocycles. The lowest BCUT2D eigenvalue weighted by molar-refractivity contribution is -0.189. The van der Waals surface area contributed by atoms with Crippen molar-refractivity contribution < 1.29 is 18.0 Å². The van der Waals surface area contributed by atoms with Gasteiger partial charge in [-0.05, 0) is 18.4 Å². The van der Waals surface area contributed by atoms with E-state index in [4.69, 9.17) is 5.73 Å². The van der Waals surface area contributed by atoms with Crippen molar-refractivity contribution in [2.75, 3.05) is 0 Å². The van der Waals surface area contributed by atoms with Gasteiger partial charge in [-0.1, -0.05) is 43.2 Å². The van der Waals surface area contributed by atoms with E-state index in [-0.39, 0.29) is 6.42 Å². The minimum absolute atomic E-state index is 0.0645. The van der Waals surface area contributed by atoms with Crippen LogP contribution < -0.4 is 11.1 Å².